The second-order valence-corrected chi connectivity index (χ2v) is 20.3. The van der Waals surface area contributed by atoms with E-state index in [4.69, 9.17) is 14.2 Å². The van der Waals surface area contributed by atoms with Gasteiger partial charge in [-0.15, -0.1) is 0 Å². The fourth-order valence-electron chi connectivity index (χ4n) is 9.03. The Hall–Kier alpha value is -1.85. The fourth-order valence-corrected chi connectivity index (χ4v) is 9.03. The van der Waals surface area contributed by atoms with Gasteiger partial charge < -0.3 is 14.2 Å². The lowest BCUT2D eigenvalue weighted by Gasteiger charge is -2.18. The van der Waals surface area contributed by atoms with Crippen molar-refractivity contribution >= 4 is 17.9 Å². The van der Waals surface area contributed by atoms with Crippen LogP contribution in [-0.2, 0) is 28.6 Å². The molecule has 0 spiro atoms. The first kappa shape index (κ1) is 64.2. The first-order chi connectivity index (χ1) is 32.5. The molecule has 0 aromatic carbocycles. The summed E-state index contributed by atoms with van der Waals surface area (Å²) in [6.07, 6.45) is 63.5. The molecule has 0 rings (SSSR count). The van der Waals surface area contributed by atoms with Crippen LogP contribution in [0.15, 0.2) is 12.2 Å². The minimum Gasteiger partial charge on any atom is -0.462 e. The zero-order chi connectivity index (χ0) is 47.9. The van der Waals surface area contributed by atoms with Crippen molar-refractivity contribution < 1.29 is 28.6 Å². The van der Waals surface area contributed by atoms with Gasteiger partial charge in [-0.25, -0.2) is 0 Å². The van der Waals surface area contributed by atoms with Crippen molar-refractivity contribution in [1.29, 1.82) is 0 Å². The first-order valence-electron chi connectivity index (χ1n) is 29.7. The summed E-state index contributed by atoms with van der Waals surface area (Å²) in [5.41, 5.74) is 0. The Morgan fingerprint density at radius 2 is 0.500 bits per heavy atom. The van der Waals surface area contributed by atoms with Crippen molar-refractivity contribution in [2.75, 3.05) is 13.2 Å². The number of esters is 3. The molecule has 0 aliphatic carbocycles. The highest BCUT2D eigenvalue weighted by Gasteiger charge is 2.19. The molecule has 66 heavy (non-hydrogen) atoms. The number of unbranched alkanes of at least 4 members (excludes halogenated alkanes) is 42. The Balaban J connectivity index is 4.22. The van der Waals surface area contributed by atoms with Gasteiger partial charge >= 0.3 is 17.9 Å². The molecule has 0 radical (unpaired) electrons. The number of hydrogen-bond acceptors (Lipinski definition) is 6. The second kappa shape index (κ2) is 55.7. The van der Waals surface area contributed by atoms with Gasteiger partial charge in [0.25, 0.3) is 0 Å². The van der Waals surface area contributed by atoms with Gasteiger partial charge in [-0.05, 0) is 44.9 Å². The van der Waals surface area contributed by atoms with Crippen molar-refractivity contribution in [3.8, 4) is 0 Å². The summed E-state index contributed by atoms with van der Waals surface area (Å²) in [6.45, 7) is 6.67. The molecule has 1 atom stereocenters. The van der Waals surface area contributed by atoms with Gasteiger partial charge in [-0.3, -0.25) is 14.4 Å². The smallest absolute Gasteiger partial charge is 0.306 e. The number of carbonyl (C=O) groups excluding carboxylic acids is 3. The predicted molar refractivity (Wildman–Crippen MR) is 284 cm³/mol. The van der Waals surface area contributed by atoms with Gasteiger partial charge in [-0.1, -0.05) is 283 Å². The summed E-state index contributed by atoms with van der Waals surface area (Å²) >= 11 is 0. The number of ether oxygens (including phenoxy) is 3. The molecule has 0 bridgehead atoms. The van der Waals surface area contributed by atoms with E-state index in [-0.39, 0.29) is 31.1 Å². The van der Waals surface area contributed by atoms with Crippen molar-refractivity contribution in [2.45, 2.75) is 341 Å². The van der Waals surface area contributed by atoms with Crippen molar-refractivity contribution in [2.24, 2.45) is 0 Å². The third-order valence-electron chi connectivity index (χ3n) is 13.5. The molecule has 6 nitrogen and oxygen atoms in total. The molecule has 0 heterocycles. The van der Waals surface area contributed by atoms with E-state index in [0.29, 0.717) is 19.3 Å². The minimum absolute atomic E-state index is 0.0665. The third-order valence-corrected chi connectivity index (χ3v) is 13.5. The van der Waals surface area contributed by atoms with Crippen LogP contribution in [0.2, 0.25) is 0 Å². The molecule has 1 unspecified atom stereocenters. The van der Waals surface area contributed by atoms with Gasteiger partial charge in [0, 0.05) is 19.3 Å². The van der Waals surface area contributed by atoms with E-state index in [2.05, 4.69) is 32.9 Å². The maximum atomic E-state index is 12.8. The van der Waals surface area contributed by atoms with Gasteiger partial charge in [0.05, 0.1) is 0 Å². The summed E-state index contributed by atoms with van der Waals surface area (Å²) in [6, 6.07) is 0. The van der Waals surface area contributed by atoms with Crippen LogP contribution in [0, 0.1) is 0 Å². The summed E-state index contributed by atoms with van der Waals surface area (Å²) in [4.78, 5) is 38.1. The molecule has 0 N–H and O–H groups in total. The maximum absolute atomic E-state index is 12.8. The van der Waals surface area contributed by atoms with E-state index in [0.717, 1.165) is 64.2 Å². The fraction of sp³-hybridized carbons (Fsp3) is 0.917. The number of allylic oxidation sites excluding steroid dienone is 2. The Kier molecular flexibility index (Phi) is 54.2. The van der Waals surface area contributed by atoms with E-state index in [1.807, 2.05) is 0 Å². The lowest BCUT2D eigenvalue weighted by atomic mass is 10.0. The van der Waals surface area contributed by atoms with Crippen molar-refractivity contribution in [3.63, 3.8) is 0 Å². The van der Waals surface area contributed by atoms with E-state index in [1.54, 1.807) is 0 Å². The van der Waals surface area contributed by atoms with Crippen LogP contribution in [0.5, 0.6) is 0 Å². The Morgan fingerprint density at radius 1 is 0.288 bits per heavy atom. The standard InChI is InChI=1S/C60H114O6/c1-4-7-10-13-16-19-22-25-27-28-29-30-31-32-33-34-36-38-41-44-47-50-53-59(62)65-56-57(55-64-58(61)52-49-46-43-40-37-24-21-18-15-12-9-6-3)66-60(63)54-51-48-45-42-39-35-26-23-20-17-14-11-8-5-2/h18,21,57H,4-17,19-20,22-56H2,1-3H3/b21-18-. The average Bonchev–Trinajstić information content (AvgIpc) is 3.31. The SMILES string of the molecule is CCCCC/C=C\CCCCCCCC(=O)OCC(COC(=O)CCCCCCCCCCCCCCCCCCCCCCCC)OC(=O)CCCCCCCCCCCCCCCC. The largest absolute Gasteiger partial charge is 0.462 e. The van der Waals surface area contributed by atoms with E-state index >= 15 is 0 Å². The molecule has 0 saturated carbocycles. The maximum Gasteiger partial charge on any atom is 0.306 e. The summed E-state index contributed by atoms with van der Waals surface area (Å²) in [5, 5.41) is 0. The normalized spacial score (nSPS) is 12.0. The highest BCUT2D eigenvalue weighted by atomic mass is 16.6. The number of hydrogen-bond donors (Lipinski definition) is 0. The molecule has 0 fully saturated rings. The van der Waals surface area contributed by atoms with Crippen LogP contribution >= 0.6 is 0 Å². The summed E-state index contributed by atoms with van der Waals surface area (Å²) in [5.74, 6) is -0.852. The van der Waals surface area contributed by atoms with Gasteiger partial charge in [-0.2, -0.15) is 0 Å². The number of carbonyl (C=O) groups is 3. The Labute approximate surface area is 411 Å². The van der Waals surface area contributed by atoms with Crippen LogP contribution < -0.4 is 0 Å². The lowest BCUT2D eigenvalue weighted by molar-refractivity contribution is -0.167. The quantitative estimate of drug-likeness (QED) is 0.0262. The molecule has 0 amide bonds. The van der Waals surface area contributed by atoms with Crippen LogP contribution in [-0.4, -0.2) is 37.2 Å². The van der Waals surface area contributed by atoms with Crippen LogP contribution in [0.1, 0.15) is 335 Å². The van der Waals surface area contributed by atoms with Crippen molar-refractivity contribution in [3.05, 3.63) is 12.2 Å². The predicted octanol–water partition coefficient (Wildman–Crippen LogP) is 19.7. The van der Waals surface area contributed by atoms with Crippen LogP contribution in [0.3, 0.4) is 0 Å². The molecule has 0 aromatic heterocycles. The van der Waals surface area contributed by atoms with E-state index in [9.17, 15) is 14.4 Å². The second-order valence-electron chi connectivity index (χ2n) is 20.3. The third kappa shape index (κ3) is 53.1. The summed E-state index contributed by atoms with van der Waals surface area (Å²) in [7, 11) is 0. The van der Waals surface area contributed by atoms with Crippen LogP contribution in [0.4, 0.5) is 0 Å². The Bertz CT molecular complexity index is 1020. The molecular weight excluding hydrogens is 817 g/mol. The lowest BCUT2D eigenvalue weighted by Crippen LogP contribution is -2.30. The molecule has 390 valence electrons. The monoisotopic (exact) mass is 931 g/mol. The topological polar surface area (TPSA) is 78.9 Å². The zero-order valence-electron chi connectivity index (χ0n) is 44.7. The first-order valence-corrected chi connectivity index (χ1v) is 29.7. The highest BCUT2D eigenvalue weighted by molar-refractivity contribution is 5.71. The average molecular weight is 932 g/mol. The molecular formula is C60H114O6. The van der Waals surface area contributed by atoms with E-state index in [1.165, 1.54) is 231 Å². The van der Waals surface area contributed by atoms with Crippen LogP contribution in [0.25, 0.3) is 0 Å². The van der Waals surface area contributed by atoms with Gasteiger partial charge in [0.15, 0.2) is 6.10 Å². The molecule has 0 aliphatic heterocycles. The van der Waals surface area contributed by atoms with Gasteiger partial charge in [0.1, 0.15) is 13.2 Å². The zero-order valence-corrected chi connectivity index (χ0v) is 44.7. The van der Waals surface area contributed by atoms with Crippen molar-refractivity contribution in [1.82, 2.24) is 0 Å². The summed E-state index contributed by atoms with van der Waals surface area (Å²) < 4.78 is 16.9. The number of rotatable bonds is 55. The molecule has 0 aromatic rings. The molecule has 0 saturated heterocycles. The van der Waals surface area contributed by atoms with Gasteiger partial charge in [0.2, 0.25) is 0 Å². The highest BCUT2D eigenvalue weighted by Crippen LogP contribution is 2.18. The van der Waals surface area contributed by atoms with E-state index < -0.39 is 6.10 Å². The molecule has 0 aliphatic rings. The Morgan fingerprint density at radius 3 is 0.788 bits per heavy atom. The minimum atomic E-state index is -0.767. The molecule has 6 heteroatoms.